The van der Waals surface area contributed by atoms with Gasteiger partial charge in [0.2, 0.25) is 5.91 Å². The summed E-state index contributed by atoms with van der Waals surface area (Å²) in [5.74, 6) is 1.05. The second-order valence-electron chi connectivity index (χ2n) is 10.5. The zero-order valence-electron chi connectivity index (χ0n) is 22.0. The van der Waals surface area contributed by atoms with Crippen molar-refractivity contribution in [1.29, 1.82) is 0 Å². The van der Waals surface area contributed by atoms with Crippen LogP contribution in [0.25, 0.3) is 0 Å². The highest BCUT2D eigenvalue weighted by molar-refractivity contribution is 6.30. The van der Waals surface area contributed by atoms with Crippen LogP contribution in [0, 0.1) is 11.8 Å². The number of allylic oxidation sites excluding steroid dienone is 1. The van der Waals surface area contributed by atoms with Gasteiger partial charge in [0, 0.05) is 55.6 Å². The second-order valence-corrected chi connectivity index (χ2v) is 11.0. The van der Waals surface area contributed by atoms with Gasteiger partial charge in [-0.25, -0.2) is 0 Å². The third-order valence-electron chi connectivity index (χ3n) is 7.82. The SMILES string of the molecule is CCCCC[C@@H](O)/C=C/[C@H]1CCC(=O)[C@@H]1CCCCCCC(=O)N1CCN(c2ccc(Cl)cc2)CC1. The van der Waals surface area contributed by atoms with E-state index in [-0.39, 0.29) is 23.8 Å². The fourth-order valence-corrected chi connectivity index (χ4v) is 5.65. The van der Waals surface area contributed by atoms with Crippen molar-refractivity contribution in [3.8, 4) is 0 Å². The first-order chi connectivity index (χ1) is 17.5. The molecule has 1 amide bonds. The number of Topliss-reactive ketones (excluding diaryl/α,β-unsaturated/α-hetero) is 1. The normalized spacial score (nSPS) is 21.5. The number of aliphatic hydroxyl groups excluding tert-OH is 1. The highest BCUT2D eigenvalue weighted by Gasteiger charge is 2.32. The minimum atomic E-state index is -0.383. The second kappa shape index (κ2) is 15.4. The van der Waals surface area contributed by atoms with Crippen molar-refractivity contribution in [2.75, 3.05) is 31.1 Å². The maximum atomic E-state index is 12.6. The molecular weight excluding hydrogens is 472 g/mol. The van der Waals surface area contributed by atoms with Gasteiger partial charge in [-0.05, 0) is 55.9 Å². The van der Waals surface area contributed by atoms with Gasteiger partial charge in [-0.2, -0.15) is 0 Å². The minimum Gasteiger partial charge on any atom is -0.389 e. The van der Waals surface area contributed by atoms with Gasteiger partial charge in [0.15, 0.2) is 0 Å². The molecule has 0 aromatic heterocycles. The lowest BCUT2D eigenvalue weighted by Gasteiger charge is -2.36. The number of hydrogen-bond donors (Lipinski definition) is 1. The van der Waals surface area contributed by atoms with Crippen LogP contribution in [-0.2, 0) is 9.59 Å². The van der Waals surface area contributed by atoms with E-state index in [0.29, 0.717) is 18.6 Å². The third-order valence-corrected chi connectivity index (χ3v) is 8.07. The average molecular weight is 517 g/mol. The van der Waals surface area contributed by atoms with Crippen LogP contribution in [0.15, 0.2) is 36.4 Å². The molecule has 0 bridgehead atoms. The lowest BCUT2D eigenvalue weighted by molar-refractivity contribution is -0.131. The van der Waals surface area contributed by atoms with Crippen molar-refractivity contribution in [2.45, 2.75) is 90.1 Å². The number of benzene rings is 1. The molecule has 1 saturated carbocycles. The van der Waals surface area contributed by atoms with E-state index in [9.17, 15) is 14.7 Å². The number of amides is 1. The largest absolute Gasteiger partial charge is 0.389 e. The lowest BCUT2D eigenvalue weighted by Crippen LogP contribution is -2.48. The van der Waals surface area contributed by atoms with Crippen LogP contribution in [0.2, 0.25) is 5.02 Å². The molecule has 1 heterocycles. The number of halogens is 1. The van der Waals surface area contributed by atoms with Crippen LogP contribution in [0.5, 0.6) is 0 Å². The van der Waals surface area contributed by atoms with Crippen LogP contribution < -0.4 is 4.90 Å². The number of nitrogens with zero attached hydrogens (tertiary/aromatic N) is 2. The van der Waals surface area contributed by atoms with E-state index in [4.69, 9.17) is 11.6 Å². The molecule has 1 aliphatic heterocycles. The van der Waals surface area contributed by atoms with Crippen LogP contribution in [0.1, 0.15) is 84.0 Å². The molecule has 1 saturated heterocycles. The molecule has 200 valence electrons. The molecule has 3 atom stereocenters. The molecule has 1 aliphatic carbocycles. The number of anilines is 1. The van der Waals surface area contributed by atoms with E-state index in [1.54, 1.807) is 0 Å². The zero-order chi connectivity index (χ0) is 25.8. The summed E-state index contributed by atoms with van der Waals surface area (Å²) in [6.45, 7) is 5.42. The number of piperazine rings is 1. The molecule has 1 N–H and O–H groups in total. The Hall–Kier alpha value is -1.85. The van der Waals surface area contributed by atoms with Crippen LogP contribution in [-0.4, -0.2) is 54.0 Å². The van der Waals surface area contributed by atoms with E-state index >= 15 is 0 Å². The van der Waals surface area contributed by atoms with Gasteiger partial charge in [0.1, 0.15) is 5.78 Å². The monoisotopic (exact) mass is 516 g/mol. The number of carbonyl (C=O) groups is 2. The van der Waals surface area contributed by atoms with Crippen molar-refractivity contribution in [2.24, 2.45) is 11.8 Å². The molecule has 3 rings (SSSR count). The first kappa shape index (κ1) is 28.7. The van der Waals surface area contributed by atoms with Gasteiger partial charge in [-0.1, -0.05) is 69.2 Å². The molecule has 0 radical (unpaired) electrons. The van der Waals surface area contributed by atoms with E-state index in [2.05, 4.69) is 17.9 Å². The summed E-state index contributed by atoms with van der Waals surface area (Å²) < 4.78 is 0. The Morgan fingerprint density at radius 2 is 1.78 bits per heavy atom. The number of carbonyl (C=O) groups excluding carboxylic acids is 2. The predicted molar refractivity (Wildman–Crippen MR) is 148 cm³/mol. The van der Waals surface area contributed by atoms with Crippen LogP contribution in [0.3, 0.4) is 0 Å². The summed E-state index contributed by atoms with van der Waals surface area (Å²) >= 11 is 5.98. The van der Waals surface area contributed by atoms with E-state index in [1.165, 1.54) is 0 Å². The van der Waals surface area contributed by atoms with Crippen molar-refractivity contribution >= 4 is 29.0 Å². The topological polar surface area (TPSA) is 60.9 Å². The standard InChI is InChI=1S/C30H45ClN2O3/c1-2-3-6-9-27(34)18-12-24-13-19-29(35)28(24)10-7-4-5-8-11-30(36)33-22-20-32(21-23-33)26-16-14-25(31)15-17-26/h12,14-18,24,27-28,34H,2-11,13,19-23H2,1H3/b18-12+/t24-,27+,28+/m0/s1. The third kappa shape index (κ3) is 9.23. The molecule has 0 unspecified atom stereocenters. The number of rotatable bonds is 14. The van der Waals surface area contributed by atoms with Crippen LogP contribution >= 0.6 is 11.6 Å². The van der Waals surface area contributed by atoms with Gasteiger partial charge >= 0.3 is 0 Å². The predicted octanol–water partition coefficient (Wildman–Crippen LogP) is 6.42. The first-order valence-electron chi connectivity index (χ1n) is 14.1. The fourth-order valence-electron chi connectivity index (χ4n) is 5.53. The average Bonchev–Trinajstić information content (AvgIpc) is 3.24. The molecule has 2 fully saturated rings. The summed E-state index contributed by atoms with van der Waals surface area (Å²) in [5, 5.41) is 10.9. The quantitative estimate of drug-likeness (QED) is 0.229. The molecule has 36 heavy (non-hydrogen) atoms. The Kier molecular flexibility index (Phi) is 12.3. The first-order valence-corrected chi connectivity index (χ1v) is 14.5. The molecule has 2 aliphatic rings. The molecule has 1 aromatic carbocycles. The minimum absolute atomic E-state index is 0.114. The summed E-state index contributed by atoms with van der Waals surface area (Å²) in [6.07, 6.45) is 15.0. The van der Waals surface area contributed by atoms with Crippen LogP contribution in [0.4, 0.5) is 5.69 Å². The molecule has 5 nitrogen and oxygen atoms in total. The Balaban J connectivity index is 1.28. The highest BCUT2D eigenvalue weighted by atomic mass is 35.5. The molecular formula is C30H45ClN2O3. The van der Waals surface area contributed by atoms with Gasteiger partial charge < -0.3 is 14.9 Å². The van der Waals surface area contributed by atoms with E-state index < -0.39 is 0 Å². The smallest absolute Gasteiger partial charge is 0.222 e. The number of ketones is 1. The van der Waals surface area contributed by atoms with Gasteiger partial charge in [0.05, 0.1) is 6.10 Å². The Bertz CT molecular complexity index is 833. The Morgan fingerprint density at radius 3 is 2.50 bits per heavy atom. The van der Waals surface area contributed by atoms with Crippen molar-refractivity contribution < 1.29 is 14.7 Å². The zero-order valence-corrected chi connectivity index (χ0v) is 22.8. The lowest BCUT2D eigenvalue weighted by atomic mass is 9.89. The van der Waals surface area contributed by atoms with Gasteiger partial charge in [-0.3, -0.25) is 9.59 Å². The molecule has 0 spiro atoms. The molecule has 1 aromatic rings. The number of aliphatic hydroxyl groups is 1. The summed E-state index contributed by atoms with van der Waals surface area (Å²) in [6, 6.07) is 7.90. The van der Waals surface area contributed by atoms with Crippen molar-refractivity contribution in [1.82, 2.24) is 4.90 Å². The van der Waals surface area contributed by atoms with Crippen molar-refractivity contribution in [3.63, 3.8) is 0 Å². The summed E-state index contributed by atoms with van der Waals surface area (Å²) in [4.78, 5) is 29.3. The van der Waals surface area contributed by atoms with E-state index in [1.807, 2.05) is 35.2 Å². The highest BCUT2D eigenvalue weighted by Crippen LogP contribution is 2.34. The Morgan fingerprint density at radius 1 is 1.06 bits per heavy atom. The van der Waals surface area contributed by atoms with Gasteiger partial charge in [0.25, 0.3) is 0 Å². The summed E-state index contributed by atoms with van der Waals surface area (Å²) in [5.41, 5.74) is 1.16. The van der Waals surface area contributed by atoms with E-state index in [0.717, 1.165) is 101 Å². The summed E-state index contributed by atoms with van der Waals surface area (Å²) in [7, 11) is 0. The van der Waals surface area contributed by atoms with Crippen molar-refractivity contribution in [3.05, 3.63) is 41.4 Å². The number of hydrogen-bond acceptors (Lipinski definition) is 4. The number of unbranched alkanes of at least 4 members (excludes halogenated alkanes) is 5. The molecule has 6 heteroatoms. The fraction of sp³-hybridized carbons (Fsp3) is 0.667. The maximum Gasteiger partial charge on any atom is 0.222 e. The maximum absolute atomic E-state index is 12.6. The Labute approximate surface area is 222 Å². The van der Waals surface area contributed by atoms with Gasteiger partial charge in [-0.15, -0.1) is 0 Å².